The monoisotopic (exact) mass is 313 g/mol. The maximum Gasteiger partial charge on any atom is 0.323 e. The highest BCUT2D eigenvalue weighted by atomic mass is 32.1. The fourth-order valence-corrected chi connectivity index (χ4v) is 2.76. The number of carboxylic acid groups (broad SMARTS) is 1. The lowest BCUT2D eigenvalue weighted by Crippen LogP contribution is -2.48. The van der Waals surface area contributed by atoms with E-state index in [0.717, 1.165) is 9.78 Å². The summed E-state index contributed by atoms with van der Waals surface area (Å²) < 4.78 is 0. The summed E-state index contributed by atoms with van der Waals surface area (Å²) in [6, 6.07) is 2.90. The van der Waals surface area contributed by atoms with Crippen molar-refractivity contribution >= 4 is 29.2 Å². The largest absolute Gasteiger partial charge is 0.480 e. The summed E-state index contributed by atoms with van der Waals surface area (Å²) in [5.74, 6) is -1.85. The highest BCUT2D eigenvalue weighted by Crippen LogP contribution is 2.25. The number of hydrogen-bond donors (Lipinski definition) is 3. The lowest BCUT2D eigenvalue weighted by atomic mass is 10.0. The Kier molecular flexibility index (Phi) is 6.16. The van der Waals surface area contributed by atoms with Crippen LogP contribution >= 0.6 is 11.3 Å². The summed E-state index contributed by atoms with van der Waals surface area (Å²) in [6.07, 6.45) is 0. The zero-order chi connectivity index (χ0) is 16.0. The molecule has 1 atom stereocenters. The van der Waals surface area contributed by atoms with Crippen molar-refractivity contribution in [3.63, 3.8) is 0 Å². The second-order valence-corrected chi connectivity index (χ2v) is 5.88. The van der Waals surface area contributed by atoms with E-state index in [1.165, 1.54) is 11.3 Å². The normalized spacial score (nSPS) is 12.0. The lowest BCUT2D eigenvalue weighted by Gasteiger charge is -2.26. The van der Waals surface area contributed by atoms with Crippen LogP contribution in [-0.4, -0.2) is 41.0 Å². The van der Waals surface area contributed by atoms with Crippen molar-refractivity contribution in [2.24, 2.45) is 11.7 Å². The van der Waals surface area contributed by atoms with E-state index in [1.54, 1.807) is 0 Å². The predicted octanol–water partition coefficient (Wildman–Crippen LogP) is 1.03. The Balaban J connectivity index is 2.82. The van der Waals surface area contributed by atoms with Gasteiger partial charge in [0.25, 0.3) is 0 Å². The van der Waals surface area contributed by atoms with Gasteiger partial charge in [-0.3, -0.25) is 9.59 Å². The van der Waals surface area contributed by atoms with Gasteiger partial charge in [-0.25, -0.2) is 4.79 Å². The Hall–Kier alpha value is -2.09. The molecule has 116 valence electrons. The van der Waals surface area contributed by atoms with Gasteiger partial charge in [-0.15, -0.1) is 11.3 Å². The summed E-state index contributed by atoms with van der Waals surface area (Å²) in [5.41, 5.74) is 5.04. The van der Waals surface area contributed by atoms with Crippen molar-refractivity contribution in [3.05, 3.63) is 22.4 Å². The number of amides is 3. The van der Waals surface area contributed by atoms with E-state index in [-0.39, 0.29) is 12.0 Å². The van der Waals surface area contributed by atoms with Crippen LogP contribution in [0.5, 0.6) is 0 Å². The molecule has 4 N–H and O–H groups in total. The molecule has 8 heteroatoms. The van der Waals surface area contributed by atoms with Gasteiger partial charge in [0.15, 0.2) is 0 Å². The van der Waals surface area contributed by atoms with E-state index in [2.05, 4.69) is 5.32 Å². The van der Waals surface area contributed by atoms with Gasteiger partial charge in [0.1, 0.15) is 13.1 Å². The van der Waals surface area contributed by atoms with Crippen LogP contribution in [0.2, 0.25) is 0 Å². The third-order valence-electron chi connectivity index (χ3n) is 2.76. The third-order valence-corrected chi connectivity index (χ3v) is 3.71. The molecule has 1 rings (SSSR count). The molecule has 0 saturated carbocycles. The number of nitrogens with two attached hydrogens (primary N) is 1. The molecule has 0 aliphatic rings. The van der Waals surface area contributed by atoms with E-state index < -0.39 is 31.0 Å². The maximum absolute atomic E-state index is 12.2. The molecule has 1 aromatic heterocycles. The number of carbonyl (C=O) groups is 3. The summed E-state index contributed by atoms with van der Waals surface area (Å²) >= 11 is 1.50. The highest BCUT2D eigenvalue weighted by molar-refractivity contribution is 7.10. The number of carbonyl (C=O) groups excluding carboxylic acids is 2. The number of nitrogens with zero attached hydrogens (tertiary/aromatic N) is 1. The summed E-state index contributed by atoms with van der Waals surface area (Å²) in [5, 5.41) is 13.5. The smallest absolute Gasteiger partial charge is 0.323 e. The Labute approximate surface area is 126 Å². The number of hydrogen-bond acceptors (Lipinski definition) is 4. The molecule has 1 heterocycles. The third kappa shape index (κ3) is 5.42. The maximum atomic E-state index is 12.2. The molecule has 0 aliphatic carbocycles. The fraction of sp³-hybridized carbons (Fsp3) is 0.462. The number of nitrogens with one attached hydrogen (secondary N) is 1. The lowest BCUT2D eigenvalue weighted by molar-refractivity contribution is -0.137. The van der Waals surface area contributed by atoms with E-state index in [9.17, 15) is 14.4 Å². The molecule has 0 radical (unpaired) electrons. The van der Waals surface area contributed by atoms with Crippen LogP contribution in [0.15, 0.2) is 17.5 Å². The van der Waals surface area contributed by atoms with Gasteiger partial charge in [-0.1, -0.05) is 19.9 Å². The summed E-state index contributed by atoms with van der Waals surface area (Å²) in [4.78, 5) is 35.7. The number of rotatable bonds is 7. The molecule has 3 amide bonds. The average Bonchev–Trinajstić information content (AvgIpc) is 2.86. The van der Waals surface area contributed by atoms with E-state index >= 15 is 0 Å². The Morgan fingerprint density at radius 3 is 2.48 bits per heavy atom. The van der Waals surface area contributed by atoms with Crippen molar-refractivity contribution in [3.8, 4) is 0 Å². The van der Waals surface area contributed by atoms with Crippen molar-refractivity contribution in [1.82, 2.24) is 10.2 Å². The molecule has 7 nitrogen and oxygen atoms in total. The topological polar surface area (TPSA) is 113 Å². The standard InChI is InChI=1S/C13H19N3O4S/c1-8(2)12(9-4-3-5-21-9)15-13(20)16(6-10(14)17)7-11(18)19/h3-5,8,12H,6-7H2,1-2H3,(H2,14,17)(H,15,20)(H,18,19). The summed E-state index contributed by atoms with van der Waals surface area (Å²) in [7, 11) is 0. The number of urea groups is 1. The first-order chi connectivity index (χ1) is 9.81. The SMILES string of the molecule is CC(C)C(NC(=O)N(CC(N)=O)CC(=O)O)c1cccs1. The molecule has 0 saturated heterocycles. The van der Waals surface area contributed by atoms with Crippen molar-refractivity contribution in [1.29, 1.82) is 0 Å². The quantitative estimate of drug-likeness (QED) is 0.697. The van der Waals surface area contributed by atoms with Crippen molar-refractivity contribution < 1.29 is 19.5 Å². The molecule has 0 fully saturated rings. The average molecular weight is 313 g/mol. The van der Waals surface area contributed by atoms with Crippen LogP contribution in [0, 0.1) is 5.92 Å². The van der Waals surface area contributed by atoms with Gasteiger partial charge < -0.3 is 21.1 Å². The first-order valence-electron chi connectivity index (χ1n) is 6.40. The minimum Gasteiger partial charge on any atom is -0.480 e. The van der Waals surface area contributed by atoms with Gasteiger partial charge in [0.2, 0.25) is 5.91 Å². The van der Waals surface area contributed by atoms with Gasteiger partial charge in [0, 0.05) is 4.88 Å². The molecule has 0 aromatic carbocycles. The van der Waals surface area contributed by atoms with Crippen LogP contribution < -0.4 is 11.1 Å². The number of thiophene rings is 1. The molecular weight excluding hydrogens is 294 g/mol. The van der Waals surface area contributed by atoms with E-state index in [0.29, 0.717) is 0 Å². The molecular formula is C13H19N3O4S. The molecule has 0 aliphatic heterocycles. The number of carboxylic acids is 1. The van der Waals surface area contributed by atoms with Crippen LogP contribution in [0.4, 0.5) is 4.79 Å². The van der Waals surface area contributed by atoms with Crippen LogP contribution in [0.1, 0.15) is 24.8 Å². The molecule has 0 spiro atoms. The predicted molar refractivity (Wildman–Crippen MR) is 78.8 cm³/mol. The van der Waals surface area contributed by atoms with Gasteiger partial charge in [-0.05, 0) is 17.4 Å². The summed E-state index contributed by atoms with van der Waals surface area (Å²) in [6.45, 7) is 2.87. The Morgan fingerprint density at radius 2 is 2.05 bits per heavy atom. The minimum atomic E-state index is -1.20. The van der Waals surface area contributed by atoms with E-state index in [1.807, 2.05) is 31.4 Å². The zero-order valence-corrected chi connectivity index (χ0v) is 12.7. The molecule has 21 heavy (non-hydrogen) atoms. The first-order valence-corrected chi connectivity index (χ1v) is 7.28. The van der Waals surface area contributed by atoms with Crippen LogP contribution in [-0.2, 0) is 9.59 Å². The molecule has 0 bridgehead atoms. The van der Waals surface area contributed by atoms with Gasteiger partial charge in [0.05, 0.1) is 6.04 Å². The fourth-order valence-electron chi connectivity index (χ4n) is 1.81. The van der Waals surface area contributed by atoms with E-state index in [4.69, 9.17) is 10.8 Å². The van der Waals surface area contributed by atoms with Gasteiger partial charge in [-0.2, -0.15) is 0 Å². The second kappa shape index (κ2) is 7.63. The number of primary amides is 1. The zero-order valence-electron chi connectivity index (χ0n) is 11.9. The first kappa shape index (κ1) is 17.0. The Bertz CT molecular complexity index is 486. The molecule has 1 aromatic rings. The van der Waals surface area contributed by atoms with Crippen molar-refractivity contribution in [2.45, 2.75) is 19.9 Å². The molecule has 1 unspecified atom stereocenters. The van der Waals surface area contributed by atoms with Crippen molar-refractivity contribution in [2.75, 3.05) is 13.1 Å². The van der Waals surface area contributed by atoms with Gasteiger partial charge >= 0.3 is 12.0 Å². The highest BCUT2D eigenvalue weighted by Gasteiger charge is 2.24. The van der Waals surface area contributed by atoms with Crippen LogP contribution in [0.3, 0.4) is 0 Å². The Morgan fingerprint density at radius 1 is 1.38 bits per heavy atom. The second-order valence-electron chi connectivity index (χ2n) is 4.90. The number of aliphatic carboxylic acids is 1. The van der Waals surface area contributed by atoms with Crippen LogP contribution in [0.25, 0.3) is 0 Å². The minimum absolute atomic E-state index is 0.118.